The van der Waals surface area contributed by atoms with Crippen LogP contribution in [0.4, 0.5) is 0 Å². The highest BCUT2D eigenvalue weighted by Gasteiger charge is 1.82. The van der Waals surface area contributed by atoms with Crippen molar-refractivity contribution in [2.24, 2.45) is 5.73 Å². The van der Waals surface area contributed by atoms with E-state index in [-0.39, 0.29) is 0 Å². The Balaban J connectivity index is 0. The van der Waals surface area contributed by atoms with E-state index in [0.29, 0.717) is 0 Å². The van der Waals surface area contributed by atoms with Gasteiger partial charge in [0.15, 0.2) is 0 Å². The van der Waals surface area contributed by atoms with Crippen LogP contribution in [0.1, 0.15) is 32.6 Å². The fourth-order valence-corrected chi connectivity index (χ4v) is 0.729. The number of rotatable bonds is 5. The van der Waals surface area contributed by atoms with E-state index in [2.05, 4.69) is 18.0 Å². The van der Waals surface area contributed by atoms with Crippen LogP contribution < -0.4 is 11.1 Å². The molecule has 0 saturated carbocycles. The summed E-state index contributed by atoms with van der Waals surface area (Å²) in [7, 11) is 3.51. The molecule has 0 fully saturated rings. The van der Waals surface area contributed by atoms with Crippen LogP contribution in [0.25, 0.3) is 0 Å². The van der Waals surface area contributed by atoms with Crippen LogP contribution >= 0.6 is 0 Å². The molecule has 0 heterocycles. The van der Waals surface area contributed by atoms with E-state index in [1.807, 2.05) is 7.05 Å². The summed E-state index contributed by atoms with van der Waals surface area (Å²) < 4.78 is 0. The van der Waals surface area contributed by atoms with Gasteiger partial charge < -0.3 is 11.1 Å². The van der Waals surface area contributed by atoms with Gasteiger partial charge in [-0.15, -0.1) is 0 Å². The fraction of sp³-hybridized carbons (Fsp3) is 1.00. The Morgan fingerprint density at radius 2 is 1.70 bits per heavy atom. The Morgan fingerprint density at radius 3 is 2.10 bits per heavy atom. The van der Waals surface area contributed by atoms with Crippen molar-refractivity contribution in [3.63, 3.8) is 0 Å². The van der Waals surface area contributed by atoms with Crippen molar-refractivity contribution in [2.45, 2.75) is 32.6 Å². The van der Waals surface area contributed by atoms with E-state index in [4.69, 9.17) is 0 Å². The minimum absolute atomic E-state index is 1.18. The molecular weight excluding hydrogens is 124 g/mol. The summed E-state index contributed by atoms with van der Waals surface area (Å²) in [5.41, 5.74) is 4.50. The number of nitrogens with one attached hydrogen (secondary N) is 1. The van der Waals surface area contributed by atoms with E-state index in [1.54, 1.807) is 0 Å². The lowest BCUT2D eigenvalue weighted by Gasteiger charge is -1.95. The quantitative estimate of drug-likeness (QED) is 0.575. The normalized spacial score (nSPS) is 8.40. The predicted molar refractivity (Wildman–Crippen MR) is 48.2 cm³/mol. The minimum atomic E-state index is 1.18. The first-order valence-electron chi connectivity index (χ1n) is 4.14. The molecule has 0 aliphatic rings. The van der Waals surface area contributed by atoms with Gasteiger partial charge in [0.2, 0.25) is 0 Å². The molecule has 0 amide bonds. The van der Waals surface area contributed by atoms with E-state index >= 15 is 0 Å². The third kappa shape index (κ3) is 15.7. The second-order valence-electron chi connectivity index (χ2n) is 2.16. The zero-order valence-electron chi connectivity index (χ0n) is 7.61. The molecule has 0 rings (SSSR count). The smallest absolute Gasteiger partial charge is 0.00519 e. The highest BCUT2D eigenvalue weighted by atomic mass is 14.8. The molecule has 2 nitrogen and oxygen atoms in total. The molecule has 10 heavy (non-hydrogen) atoms. The monoisotopic (exact) mass is 146 g/mol. The lowest BCUT2D eigenvalue weighted by Crippen LogP contribution is -2.06. The third-order valence-electron chi connectivity index (χ3n) is 1.28. The summed E-state index contributed by atoms with van der Waals surface area (Å²) >= 11 is 0. The lowest BCUT2D eigenvalue weighted by atomic mass is 10.2. The zero-order chi connectivity index (χ0) is 8.24. The van der Waals surface area contributed by atoms with Crippen LogP contribution in [-0.4, -0.2) is 20.6 Å². The Hall–Kier alpha value is -0.0800. The first-order valence-corrected chi connectivity index (χ1v) is 4.14. The first-order chi connectivity index (χ1) is 4.91. The fourth-order valence-electron chi connectivity index (χ4n) is 0.729. The standard InChI is InChI=1S/C7H17N.CH5N/c1-3-4-5-6-7-8-2;1-2/h8H,3-7H2,1-2H3;2H2,1H3. The van der Waals surface area contributed by atoms with Gasteiger partial charge in [0.1, 0.15) is 0 Å². The zero-order valence-corrected chi connectivity index (χ0v) is 7.61. The van der Waals surface area contributed by atoms with Crippen LogP contribution in [0.5, 0.6) is 0 Å². The van der Waals surface area contributed by atoms with Gasteiger partial charge in [-0.05, 0) is 27.1 Å². The molecule has 0 atom stereocenters. The number of nitrogens with two attached hydrogens (primary N) is 1. The molecule has 0 aliphatic heterocycles. The SMILES string of the molecule is CCCCCCNC.CN. The maximum absolute atomic E-state index is 4.50. The van der Waals surface area contributed by atoms with Crippen LogP contribution in [0.2, 0.25) is 0 Å². The van der Waals surface area contributed by atoms with Crippen LogP contribution in [0.3, 0.4) is 0 Å². The average Bonchev–Trinajstić information content (AvgIpc) is 2.02. The molecule has 0 aromatic rings. The second-order valence-corrected chi connectivity index (χ2v) is 2.16. The topological polar surface area (TPSA) is 38.0 Å². The molecule has 0 unspecified atom stereocenters. The minimum Gasteiger partial charge on any atom is -0.333 e. The van der Waals surface area contributed by atoms with E-state index in [9.17, 15) is 0 Å². The largest absolute Gasteiger partial charge is 0.333 e. The summed E-state index contributed by atoms with van der Waals surface area (Å²) in [5.74, 6) is 0. The van der Waals surface area contributed by atoms with Crippen LogP contribution in [0, 0.1) is 0 Å². The molecule has 0 aromatic heterocycles. The molecule has 0 aliphatic carbocycles. The summed E-state index contributed by atoms with van der Waals surface area (Å²) in [5, 5.41) is 3.13. The Labute approximate surface area is 65.2 Å². The summed E-state index contributed by atoms with van der Waals surface area (Å²) in [4.78, 5) is 0. The number of hydrogen-bond donors (Lipinski definition) is 2. The van der Waals surface area contributed by atoms with Crippen LogP contribution in [-0.2, 0) is 0 Å². The number of hydrogen-bond acceptors (Lipinski definition) is 2. The predicted octanol–water partition coefficient (Wildman–Crippen LogP) is 1.36. The van der Waals surface area contributed by atoms with Crippen molar-refractivity contribution in [1.82, 2.24) is 5.32 Å². The van der Waals surface area contributed by atoms with Gasteiger partial charge in [0.25, 0.3) is 0 Å². The molecule has 0 bridgehead atoms. The lowest BCUT2D eigenvalue weighted by molar-refractivity contribution is 0.634. The average molecular weight is 146 g/mol. The molecular formula is C8H22N2. The molecule has 3 N–H and O–H groups in total. The van der Waals surface area contributed by atoms with Gasteiger partial charge in [0.05, 0.1) is 0 Å². The molecule has 0 radical (unpaired) electrons. The van der Waals surface area contributed by atoms with Gasteiger partial charge in [-0.25, -0.2) is 0 Å². The molecule has 0 saturated heterocycles. The summed E-state index contributed by atoms with van der Waals surface area (Å²) in [6.07, 6.45) is 5.45. The first kappa shape index (κ1) is 12.6. The highest BCUT2D eigenvalue weighted by molar-refractivity contribution is 4.41. The van der Waals surface area contributed by atoms with Crippen molar-refractivity contribution in [3.8, 4) is 0 Å². The van der Waals surface area contributed by atoms with E-state index in [0.717, 1.165) is 0 Å². The Kier molecular flexibility index (Phi) is 20.1. The Morgan fingerprint density at radius 1 is 1.10 bits per heavy atom. The second kappa shape index (κ2) is 16.0. The van der Waals surface area contributed by atoms with Crippen molar-refractivity contribution < 1.29 is 0 Å². The van der Waals surface area contributed by atoms with Crippen molar-refractivity contribution in [3.05, 3.63) is 0 Å². The Bertz CT molecular complexity index is 32.2. The van der Waals surface area contributed by atoms with Gasteiger partial charge in [-0.2, -0.15) is 0 Å². The van der Waals surface area contributed by atoms with Crippen LogP contribution in [0.15, 0.2) is 0 Å². The summed E-state index contributed by atoms with van der Waals surface area (Å²) in [6.45, 7) is 3.42. The number of unbranched alkanes of at least 4 members (excludes halogenated alkanes) is 3. The molecule has 0 aromatic carbocycles. The van der Waals surface area contributed by atoms with Gasteiger partial charge in [-0.3, -0.25) is 0 Å². The van der Waals surface area contributed by atoms with E-state index in [1.165, 1.54) is 39.3 Å². The van der Waals surface area contributed by atoms with Gasteiger partial charge >= 0.3 is 0 Å². The van der Waals surface area contributed by atoms with Crippen molar-refractivity contribution in [2.75, 3.05) is 20.6 Å². The maximum atomic E-state index is 4.50. The maximum Gasteiger partial charge on any atom is -0.00519 e. The van der Waals surface area contributed by atoms with Gasteiger partial charge in [-0.1, -0.05) is 26.2 Å². The van der Waals surface area contributed by atoms with Crippen molar-refractivity contribution in [1.29, 1.82) is 0 Å². The third-order valence-corrected chi connectivity index (χ3v) is 1.28. The summed E-state index contributed by atoms with van der Waals surface area (Å²) in [6, 6.07) is 0. The molecule has 64 valence electrons. The van der Waals surface area contributed by atoms with E-state index < -0.39 is 0 Å². The molecule has 2 heteroatoms. The highest BCUT2D eigenvalue weighted by Crippen LogP contribution is 1.96. The van der Waals surface area contributed by atoms with Gasteiger partial charge in [0, 0.05) is 0 Å². The molecule has 0 spiro atoms. The van der Waals surface area contributed by atoms with Crippen molar-refractivity contribution >= 4 is 0 Å².